The molecule has 1 aromatic rings. The lowest BCUT2D eigenvalue weighted by Crippen LogP contribution is -2.60. The van der Waals surface area contributed by atoms with Crippen LogP contribution in [0.2, 0.25) is 10.0 Å². The molecule has 1 atom stereocenters. The molecule has 0 aliphatic carbocycles. The lowest BCUT2D eigenvalue weighted by molar-refractivity contribution is -0.136. The van der Waals surface area contributed by atoms with Gasteiger partial charge in [-0.25, -0.2) is 4.79 Å². The van der Waals surface area contributed by atoms with Gasteiger partial charge in [0.05, 0.1) is 16.5 Å². The molecule has 2 aliphatic heterocycles. The van der Waals surface area contributed by atoms with Crippen LogP contribution in [0.5, 0.6) is 0 Å². The lowest BCUT2D eigenvalue weighted by atomic mass is 10.1. The molecule has 0 unspecified atom stereocenters. The van der Waals surface area contributed by atoms with Crippen molar-refractivity contribution >= 4 is 46.7 Å². The molecule has 2 aliphatic rings. The van der Waals surface area contributed by atoms with Gasteiger partial charge in [-0.15, -0.1) is 0 Å². The molecule has 0 aromatic heterocycles. The predicted molar refractivity (Wildman–Crippen MR) is 90.3 cm³/mol. The summed E-state index contributed by atoms with van der Waals surface area (Å²) in [5.74, 6) is -0.668. The number of piperazine rings is 1. The number of benzene rings is 1. The minimum atomic E-state index is -0.789. The summed E-state index contributed by atoms with van der Waals surface area (Å²) in [4.78, 5) is 38.9. The molecule has 7 nitrogen and oxygen atoms in total. The van der Waals surface area contributed by atoms with Crippen LogP contribution in [0.3, 0.4) is 0 Å². The average molecular weight is 371 g/mol. The minimum Gasteiger partial charge on any atom is -0.368 e. The summed E-state index contributed by atoms with van der Waals surface area (Å²) in [5, 5.41) is 5.60. The van der Waals surface area contributed by atoms with Crippen LogP contribution < -0.4 is 15.5 Å². The maximum Gasteiger partial charge on any atom is 0.322 e. The van der Waals surface area contributed by atoms with Crippen LogP contribution in [0.4, 0.5) is 10.5 Å². The number of hydrogen-bond acceptors (Lipinski definition) is 4. The SMILES string of the molecule is O=C1C[C@H](C(=O)N2CCN(c3ccc(Cl)c(Cl)c3)CC2)NC(=O)N1. The topological polar surface area (TPSA) is 81.8 Å². The van der Waals surface area contributed by atoms with Crippen molar-refractivity contribution in [3.05, 3.63) is 28.2 Å². The quantitative estimate of drug-likeness (QED) is 0.820. The Morgan fingerprint density at radius 1 is 1.08 bits per heavy atom. The van der Waals surface area contributed by atoms with Crippen molar-refractivity contribution < 1.29 is 14.4 Å². The standard InChI is InChI=1S/C15H16Cl2N4O3/c16-10-2-1-9(7-11(10)17)20-3-5-21(6-4-20)14(23)12-8-13(22)19-15(24)18-12/h1-2,7,12H,3-6,8H2,(H2,18,19,22,24)/t12-/m1/s1. The van der Waals surface area contributed by atoms with Crippen molar-refractivity contribution in [3.63, 3.8) is 0 Å². The third-order valence-corrected chi connectivity index (χ3v) is 4.84. The highest BCUT2D eigenvalue weighted by Gasteiger charge is 2.33. The first-order chi connectivity index (χ1) is 11.4. The second-order valence-electron chi connectivity index (χ2n) is 5.69. The maximum absolute atomic E-state index is 12.5. The van der Waals surface area contributed by atoms with Crippen molar-refractivity contribution in [2.24, 2.45) is 0 Å². The van der Waals surface area contributed by atoms with Crippen molar-refractivity contribution in [1.82, 2.24) is 15.5 Å². The number of amides is 4. The molecule has 2 fully saturated rings. The van der Waals surface area contributed by atoms with Gasteiger partial charge in [0.25, 0.3) is 0 Å². The smallest absolute Gasteiger partial charge is 0.322 e. The normalized spacial score (nSPS) is 21.3. The van der Waals surface area contributed by atoms with Gasteiger partial charge in [0.1, 0.15) is 6.04 Å². The van der Waals surface area contributed by atoms with Gasteiger partial charge in [0, 0.05) is 31.9 Å². The van der Waals surface area contributed by atoms with Gasteiger partial charge >= 0.3 is 6.03 Å². The van der Waals surface area contributed by atoms with E-state index in [2.05, 4.69) is 15.5 Å². The molecule has 128 valence electrons. The Morgan fingerprint density at radius 2 is 1.79 bits per heavy atom. The summed E-state index contributed by atoms with van der Waals surface area (Å²) in [6.07, 6.45) is -0.0302. The van der Waals surface area contributed by atoms with Crippen molar-refractivity contribution in [2.75, 3.05) is 31.1 Å². The van der Waals surface area contributed by atoms with Gasteiger partial charge in [-0.05, 0) is 18.2 Å². The van der Waals surface area contributed by atoms with Gasteiger partial charge in [0.2, 0.25) is 11.8 Å². The number of carbonyl (C=O) groups excluding carboxylic acids is 3. The summed E-state index contributed by atoms with van der Waals surface area (Å²) in [6.45, 7) is 2.28. The van der Waals surface area contributed by atoms with E-state index in [1.807, 2.05) is 6.07 Å². The van der Waals surface area contributed by atoms with Crippen LogP contribution in [-0.2, 0) is 9.59 Å². The Balaban J connectivity index is 1.60. The van der Waals surface area contributed by atoms with E-state index in [0.29, 0.717) is 36.2 Å². The highest BCUT2D eigenvalue weighted by Crippen LogP contribution is 2.27. The summed E-state index contributed by atoms with van der Waals surface area (Å²) in [7, 11) is 0. The second-order valence-corrected chi connectivity index (χ2v) is 6.50. The van der Waals surface area contributed by atoms with Crippen LogP contribution in [0.25, 0.3) is 0 Å². The van der Waals surface area contributed by atoms with E-state index in [9.17, 15) is 14.4 Å². The van der Waals surface area contributed by atoms with Gasteiger partial charge in [-0.3, -0.25) is 14.9 Å². The van der Waals surface area contributed by atoms with Crippen LogP contribution in [0, 0.1) is 0 Å². The zero-order valence-electron chi connectivity index (χ0n) is 12.7. The molecule has 9 heteroatoms. The Bertz CT molecular complexity index is 673. The number of halogens is 2. The second kappa shape index (κ2) is 6.86. The Kier molecular flexibility index (Phi) is 4.82. The number of anilines is 1. The number of nitrogens with one attached hydrogen (secondary N) is 2. The first-order valence-corrected chi connectivity index (χ1v) is 8.29. The number of rotatable bonds is 2. The minimum absolute atomic E-state index is 0.0302. The number of nitrogens with zero attached hydrogens (tertiary/aromatic N) is 2. The summed E-state index contributed by atoms with van der Waals surface area (Å²) >= 11 is 12.0. The molecule has 2 heterocycles. The largest absolute Gasteiger partial charge is 0.368 e. The molecule has 1 aromatic carbocycles. The molecule has 2 saturated heterocycles. The van der Waals surface area contributed by atoms with Gasteiger partial charge < -0.3 is 15.1 Å². The third kappa shape index (κ3) is 3.57. The van der Waals surface area contributed by atoms with Crippen LogP contribution in [0.1, 0.15) is 6.42 Å². The van der Waals surface area contributed by atoms with Crippen LogP contribution in [-0.4, -0.2) is 55.0 Å². The first-order valence-electron chi connectivity index (χ1n) is 7.53. The van der Waals surface area contributed by atoms with Crippen LogP contribution >= 0.6 is 23.2 Å². The van der Waals surface area contributed by atoms with Crippen molar-refractivity contribution in [1.29, 1.82) is 0 Å². The van der Waals surface area contributed by atoms with E-state index in [1.54, 1.807) is 17.0 Å². The number of imide groups is 1. The van der Waals surface area contributed by atoms with E-state index < -0.39 is 18.0 Å². The lowest BCUT2D eigenvalue weighted by Gasteiger charge is -2.38. The Morgan fingerprint density at radius 3 is 2.42 bits per heavy atom. The summed E-state index contributed by atoms with van der Waals surface area (Å²) in [5.41, 5.74) is 0.946. The highest BCUT2D eigenvalue weighted by molar-refractivity contribution is 6.42. The van der Waals surface area contributed by atoms with Crippen molar-refractivity contribution in [2.45, 2.75) is 12.5 Å². The van der Waals surface area contributed by atoms with Gasteiger partial charge in [-0.2, -0.15) is 0 Å². The number of urea groups is 1. The van der Waals surface area contributed by atoms with Gasteiger partial charge in [0.15, 0.2) is 0 Å². The predicted octanol–water partition coefficient (Wildman–Crippen LogP) is 1.24. The zero-order valence-corrected chi connectivity index (χ0v) is 14.2. The fourth-order valence-corrected chi connectivity index (χ4v) is 3.14. The molecule has 3 rings (SSSR count). The molecule has 0 bridgehead atoms. The first kappa shape index (κ1) is 16.9. The fourth-order valence-electron chi connectivity index (χ4n) is 2.84. The Hall–Kier alpha value is -1.99. The monoisotopic (exact) mass is 370 g/mol. The number of carbonyl (C=O) groups is 3. The molecule has 24 heavy (non-hydrogen) atoms. The molecule has 0 saturated carbocycles. The third-order valence-electron chi connectivity index (χ3n) is 4.11. The van der Waals surface area contributed by atoms with Gasteiger partial charge in [-0.1, -0.05) is 23.2 Å². The summed E-state index contributed by atoms with van der Waals surface area (Å²) < 4.78 is 0. The maximum atomic E-state index is 12.5. The molecular formula is C15H16Cl2N4O3. The van der Waals surface area contributed by atoms with E-state index in [-0.39, 0.29) is 12.3 Å². The van der Waals surface area contributed by atoms with E-state index in [0.717, 1.165) is 5.69 Å². The molecule has 0 radical (unpaired) electrons. The van der Waals surface area contributed by atoms with E-state index >= 15 is 0 Å². The fraction of sp³-hybridized carbons (Fsp3) is 0.400. The molecule has 0 spiro atoms. The molecule has 4 amide bonds. The Labute approximate surface area is 148 Å². The zero-order chi connectivity index (χ0) is 17.3. The van der Waals surface area contributed by atoms with E-state index in [1.165, 1.54) is 0 Å². The average Bonchev–Trinajstić information content (AvgIpc) is 2.56. The van der Waals surface area contributed by atoms with E-state index in [4.69, 9.17) is 23.2 Å². The molecular weight excluding hydrogens is 355 g/mol. The number of hydrogen-bond donors (Lipinski definition) is 2. The van der Waals surface area contributed by atoms with Crippen LogP contribution in [0.15, 0.2) is 18.2 Å². The summed E-state index contributed by atoms with van der Waals surface area (Å²) in [6, 6.07) is 4.01. The highest BCUT2D eigenvalue weighted by atomic mass is 35.5. The molecule has 2 N–H and O–H groups in total. The van der Waals surface area contributed by atoms with Crippen molar-refractivity contribution in [3.8, 4) is 0 Å².